The Morgan fingerprint density at radius 2 is 0.826 bits per heavy atom. The lowest BCUT2D eigenvalue weighted by Gasteiger charge is -2.09. The van der Waals surface area contributed by atoms with Crippen molar-refractivity contribution in [2.45, 2.75) is 0 Å². The molecule has 0 radical (unpaired) electrons. The van der Waals surface area contributed by atoms with Crippen LogP contribution in [0.15, 0.2) is 133 Å². The van der Waals surface area contributed by atoms with Crippen LogP contribution < -0.4 is 48.9 Å². The number of rotatable bonds is 15. The smallest absolute Gasteiger partial charge is 0.257 e. The Kier molecular flexibility index (Phi) is 17.8. The summed E-state index contributed by atoms with van der Waals surface area (Å²) in [7, 11) is 12.5. The van der Waals surface area contributed by atoms with Crippen LogP contribution in [-0.4, -0.2) is 78.0 Å². The zero-order valence-electron chi connectivity index (χ0n) is 39.0. The maximum atomic E-state index is 13.0. The normalized spacial score (nSPS) is 10.3. The Hall–Kier alpha value is -7.79. The third kappa shape index (κ3) is 12.4. The number of amides is 1. The molecule has 3 N–H and O–H groups in total. The highest BCUT2D eigenvalue weighted by atomic mass is 35.5. The Balaban J connectivity index is 0.000000190. The minimum Gasteiger partial charge on any atom is -0.493 e. The number of hydrogen-bond acceptors (Lipinski definition) is 15. The first-order chi connectivity index (χ1) is 33.5. The molecule has 0 atom stereocenters. The Bertz CT molecular complexity index is 3000. The second kappa shape index (κ2) is 24.3. The minimum absolute atomic E-state index is 0.298. The van der Waals surface area contributed by atoms with Crippen LogP contribution in [0.25, 0.3) is 43.4 Å². The van der Waals surface area contributed by atoms with E-state index in [0.717, 1.165) is 43.4 Å². The molecule has 0 spiro atoms. The van der Waals surface area contributed by atoms with Gasteiger partial charge < -0.3 is 43.6 Å². The van der Waals surface area contributed by atoms with Crippen molar-refractivity contribution in [1.82, 2.24) is 9.97 Å². The molecule has 2 aromatic heterocycles. The number of aromatic nitrogens is 2. The maximum Gasteiger partial charge on any atom is 0.257 e. The molecule has 0 saturated heterocycles. The summed E-state index contributed by atoms with van der Waals surface area (Å²) in [6, 6.07) is 41.2. The highest BCUT2D eigenvalue weighted by Crippen LogP contribution is 2.43. The molecule has 2 heterocycles. The second-order valence-corrected chi connectivity index (χ2v) is 16.5. The predicted octanol–water partition coefficient (Wildman–Crippen LogP) is 11.9. The zero-order valence-corrected chi connectivity index (χ0v) is 41.3. The van der Waals surface area contributed by atoms with E-state index < -0.39 is 5.24 Å². The van der Waals surface area contributed by atoms with Crippen LogP contribution >= 0.6 is 34.3 Å². The number of ether oxygens (including phenoxy) is 8. The van der Waals surface area contributed by atoms with E-state index in [0.29, 0.717) is 67.4 Å². The lowest BCUT2D eigenvalue weighted by Crippen LogP contribution is -2.12. The molecule has 0 bridgehead atoms. The van der Waals surface area contributed by atoms with Gasteiger partial charge in [0.2, 0.25) is 0 Å². The second-order valence-electron chi connectivity index (χ2n) is 14.2. The molecule has 14 nitrogen and oxygen atoms in total. The van der Waals surface area contributed by atoms with Crippen LogP contribution in [0.1, 0.15) is 20.7 Å². The van der Waals surface area contributed by atoms with Gasteiger partial charge in [0.05, 0.1) is 78.0 Å². The Labute approximate surface area is 413 Å². The number of hydrogen-bond donors (Lipinski definition) is 2. The largest absolute Gasteiger partial charge is 0.493 e. The lowest BCUT2D eigenvalue weighted by molar-refractivity contribution is 0.102. The van der Waals surface area contributed by atoms with Crippen molar-refractivity contribution >= 4 is 55.7 Å². The maximum absolute atomic E-state index is 13.0. The van der Waals surface area contributed by atoms with E-state index in [1.807, 2.05) is 84.9 Å². The monoisotopic (exact) mass is 988 g/mol. The molecule has 0 aliphatic rings. The first kappa shape index (κ1) is 50.6. The summed E-state index contributed by atoms with van der Waals surface area (Å²) in [6.45, 7) is 0. The number of halogens is 1. The number of carbonyl (C=O) groups is 2. The highest BCUT2D eigenvalue weighted by Gasteiger charge is 2.20. The first-order valence-electron chi connectivity index (χ1n) is 20.8. The predicted molar refractivity (Wildman–Crippen MR) is 274 cm³/mol. The fourth-order valence-electron chi connectivity index (χ4n) is 6.74. The molecule has 0 aliphatic carbocycles. The molecule has 8 rings (SSSR count). The van der Waals surface area contributed by atoms with Crippen LogP contribution in [0.4, 0.5) is 10.3 Å². The standard InChI is InChI=1S/C26H24N2O5S.C17H16N2O2S.C9H9ClO3/c1-30-19-12-10-17(14-21(19)32-3)23-24(16-8-6-5-7-9-16)34-26(27-23)28-25(29)18-11-13-20(31-2)22(15-18)33-4;1-20-13-9-8-12(10-14(13)21-2)15-16(22-17(18)19-15)11-6-4-3-5-7-11;1-12-7-4-3-6(9(10)11)5-8(7)13-2/h5-15H,1-4H3,(H,27,28,29);3-10H,1-2H3,(H2,18,19);3-5H,1-2H3. The van der Waals surface area contributed by atoms with Crippen LogP contribution in [0, 0.1) is 0 Å². The summed E-state index contributed by atoms with van der Waals surface area (Å²) in [5.41, 5.74) is 12.2. The van der Waals surface area contributed by atoms with Gasteiger partial charge in [0.15, 0.2) is 56.3 Å². The highest BCUT2D eigenvalue weighted by molar-refractivity contribution is 7.19. The molecule has 8 aromatic rings. The number of nitrogens with zero attached hydrogens (tertiary/aromatic N) is 2. The van der Waals surface area contributed by atoms with Gasteiger partial charge in [-0.3, -0.25) is 14.9 Å². The third-order valence-corrected chi connectivity index (χ3v) is 12.3. The molecule has 0 aliphatic heterocycles. The van der Waals surface area contributed by atoms with Crippen LogP contribution in [0.3, 0.4) is 0 Å². The van der Waals surface area contributed by atoms with Gasteiger partial charge in [-0.2, -0.15) is 0 Å². The molecule has 1 amide bonds. The Morgan fingerprint density at radius 1 is 0.449 bits per heavy atom. The SMILES string of the molecule is COc1ccc(-c2nc(N)sc2-c2ccccc2)cc1OC.COc1ccc(C(=O)Cl)cc1OC.COc1ccc(C(=O)Nc2nc(-c3ccc(OC)c(OC)c3)c(-c3ccccc3)s2)cc1OC. The van der Waals surface area contributed by atoms with Crippen molar-refractivity contribution < 1.29 is 47.5 Å². The van der Waals surface area contributed by atoms with Crippen molar-refractivity contribution in [1.29, 1.82) is 0 Å². The van der Waals surface area contributed by atoms with Crippen molar-refractivity contribution in [3.05, 3.63) is 145 Å². The number of carbonyl (C=O) groups excluding carboxylic acids is 2. The van der Waals surface area contributed by atoms with Crippen LogP contribution in [0.5, 0.6) is 46.0 Å². The zero-order chi connectivity index (χ0) is 49.5. The van der Waals surface area contributed by atoms with Gasteiger partial charge in [0.25, 0.3) is 11.1 Å². The van der Waals surface area contributed by atoms with Gasteiger partial charge in [-0.25, -0.2) is 9.97 Å². The van der Waals surface area contributed by atoms with Crippen LogP contribution in [-0.2, 0) is 0 Å². The van der Waals surface area contributed by atoms with E-state index in [9.17, 15) is 9.59 Å². The molecule has 356 valence electrons. The van der Waals surface area contributed by atoms with Gasteiger partial charge in [0.1, 0.15) is 0 Å². The summed E-state index contributed by atoms with van der Waals surface area (Å²) < 4.78 is 42.0. The van der Waals surface area contributed by atoms with E-state index in [2.05, 4.69) is 22.4 Å². The van der Waals surface area contributed by atoms with E-state index in [4.69, 9.17) is 60.2 Å². The number of benzene rings is 6. The molecule has 69 heavy (non-hydrogen) atoms. The van der Waals surface area contributed by atoms with Gasteiger partial charge in [-0.05, 0) is 95.5 Å². The summed E-state index contributed by atoms with van der Waals surface area (Å²) in [5.74, 6) is 4.39. The number of nitrogens with two attached hydrogens (primary N) is 1. The van der Waals surface area contributed by atoms with Gasteiger partial charge >= 0.3 is 0 Å². The summed E-state index contributed by atoms with van der Waals surface area (Å²) in [6.07, 6.45) is 0. The molecule has 6 aromatic carbocycles. The fraction of sp³-hybridized carbons (Fsp3) is 0.154. The van der Waals surface area contributed by atoms with Crippen molar-refractivity contribution in [2.24, 2.45) is 0 Å². The molecule has 17 heteroatoms. The Morgan fingerprint density at radius 3 is 1.26 bits per heavy atom. The molecule has 0 unspecified atom stereocenters. The van der Waals surface area contributed by atoms with Gasteiger partial charge in [0, 0.05) is 22.3 Å². The lowest BCUT2D eigenvalue weighted by atomic mass is 10.1. The fourth-order valence-corrected chi connectivity index (χ4v) is 8.71. The average Bonchev–Trinajstić information content (AvgIpc) is 4.01. The first-order valence-corrected chi connectivity index (χ1v) is 22.8. The summed E-state index contributed by atoms with van der Waals surface area (Å²) in [5, 5.41) is 3.42. The number of methoxy groups -OCH3 is 8. The van der Waals surface area contributed by atoms with E-state index in [-0.39, 0.29) is 5.91 Å². The van der Waals surface area contributed by atoms with Gasteiger partial charge in [-0.15, -0.1) is 0 Å². The molecule has 0 saturated carbocycles. The number of nitrogen functional groups attached to an aromatic ring is 1. The molecular weight excluding hydrogens is 940 g/mol. The van der Waals surface area contributed by atoms with Crippen molar-refractivity contribution in [2.75, 3.05) is 67.9 Å². The topological polar surface area (TPSA) is 172 Å². The van der Waals surface area contributed by atoms with Crippen molar-refractivity contribution in [3.63, 3.8) is 0 Å². The number of nitrogens with one attached hydrogen (secondary N) is 1. The van der Waals surface area contributed by atoms with E-state index >= 15 is 0 Å². The third-order valence-electron chi connectivity index (χ3n) is 10.1. The number of anilines is 2. The van der Waals surface area contributed by atoms with Crippen molar-refractivity contribution in [3.8, 4) is 89.4 Å². The van der Waals surface area contributed by atoms with E-state index in [1.54, 1.807) is 65.9 Å². The van der Waals surface area contributed by atoms with Gasteiger partial charge in [-0.1, -0.05) is 83.3 Å². The number of thiazole rings is 2. The summed E-state index contributed by atoms with van der Waals surface area (Å²) in [4.78, 5) is 35.0. The molecule has 0 fully saturated rings. The average molecular weight is 990 g/mol. The van der Waals surface area contributed by atoms with E-state index in [1.165, 1.54) is 50.1 Å². The molecular formula is C52H49ClN4O10S2. The quantitative estimate of drug-likeness (QED) is 0.0931. The van der Waals surface area contributed by atoms with Crippen LogP contribution in [0.2, 0.25) is 0 Å². The summed E-state index contributed by atoms with van der Waals surface area (Å²) >= 11 is 8.17. The minimum atomic E-state index is -0.513.